The van der Waals surface area contributed by atoms with E-state index in [0.29, 0.717) is 42.9 Å². The van der Waals surface area contributed by atoms with Crippen molar-refractivity contribution in [2.45, 2.75) is 25.7 Å². The lowest BCUT2D eigenvalue weighted by molar-refractivity contribution is -0.116. The normalized spacial score (nSPS) is 16.0. The molecule has 144 valence electrons. The Bertz CT molecular complexity index is 897. The van der Waals surface area contributed by atoms with Gasteiger partial charge in [0.05, 0.1) is 18.6 Å². The maximum atomic E-state index is 12.3. The van der Waals surface area contributed by atoms with Crippen LogP contribution in [0.3, 0.4) is 0 Å². The summed E-state index contributed by atoms with van der Waals surface area (Å²) in [6, 6.07) is 14.9. The first kappa shape index (κ1) is 19.2. The lowest BCUT2D eigenvalue weighted by Crippen LogP contribution is -2.38. The van der Waals surface area contributed by atoms with E-state index in [1.807, 2.05) is 30.3 Å². The van der Waals surface area contributed by atoms with Crippen LogP contribution in [0, 0.1) is 0 Å². The number of nitrogens with one attached hydrogen (secondary N) is 1. The number of nitrogens with zero attached hydrogens (tertiary/aromatic N) is 1. The van der Waals surface area contributed by atoms with Gasteiger partial charge in [-0.3, -0.25) is 9.10 Å². The van der Waals surface area contributed by atoms with E-state index in [9.17, 15) is 13.2 Å². The van der Waals surface area contributed by atoms with E-state index in [0.717, 1.165) is 12.0 Å². The lowest BCUT2D eigenvalue weighted by atomic mass is 10.1. The van der Waals surface area contributed by atoms with Crippen molar-refractivity contribution in [3.05, 3.63) is 54.1 Å². The number of hydrogen-bond donors (Lipinski definition) is 1. The minimum absolute atomic E-state index is 0.0979. The molecule has 6 nitrogen and oxygen atoms in total. The van der Waals surface area contributed by atoms with Gasteiger partial charge in [0.2, 0.25) is 15.9 Å². The molecule has 7 heteroatoms. The molecule has 1 amide bonds. The molecule has 1 N–H and O–H groups in total. The summed E-state index contributed by atoms with van der Waals surface area (Å²) in [5, 5.41) is 2.85. The largest absolute Gasteiger partial charge is 0.494 e. The number of amides is 1. The molecular weight excluding hydrogens is 364 g/mol. The summed E-state index contributed by atoms with van der Waals surface area (Å²) in [6.07, 6.45) is 2.53. The van der Waals surface area contributed by atoms with Gasteiger partial charge in [-0.1, -0.05) is 30.3 Å². The molecule has 27 heavy (non-hydrogen) atoms. The number of benzene rings is 2. The van der Waals surface area contributed by atoms with Crippen molar-refractivity contribution in [2.24, 2.45) is 0 Å². The monoisotopic (exact) mass is 388 g/mol. The molecule has 0 spiro atoms. The first-order valence-corrected chi connectivity index (χ1v) is 10.6. The van der Waals surface area contributed by atoms with Crippen molar-refractivity contribution in [3.63, 3.8) is 0 Å². The van der Waals surface area contributed by atoms with Crippen molar-refractivity contribution in [3.8, 4) is 5.75 Å². The maximum Gasteiger partial charge on any atom is 0.235 e. The van der Waals surface area contributed by atoms with E-state index in [-0.39, 0.29) is 11.7 Å². The van der Waals surface area contributed by atoms with E-state index in [4.69, 9.17) is 4.74 Å². The molecule has 0 aliphatic carbocycles. The Morgan fingerprint density at radius 2 is 1.93 bits per heavy atom. The molecule has 1 saturated heterocycles. The molecule has 0 radical (unpaired) electrons. The van der Waals surface area contributed by atoms with Crippen LogP contribution in [-0.2, 0) is 21.2 Å². The molecule has 3 rings (SSSR count). The molecule has 2 aromatic carbocycles. The Balaban J connectivity index is 1.69. The molecule has 1 fully saturated rings. The van der Waals surface area contributed by atoms with Crippen LogP contribution in [0.1, 0.15) is 24.8 Å². The van der Waals surface area contributed by atoms with Crippen molar-refractivity contribution in [1.82, 2.24) is 0 Å². The zero-order valence-corrected chi connectivity index (χ0v) is 16.2. The van der Waals surface area contributed by atoms with Crippen LogP contribution in [0.15, 0.2) is 48.5 Å². The highest BCUT2D eigenvalue weighted by molar-refractivity contribution is 7.92. The first-order chi connectivity index (χ1) is 13.0. The minimum Gasteiger partial charge on any atom is -0.494 e. The molecule has 0 aromatic heterocycles. The second-order valence-corrected chi connectivity index (χ2v) is 8.53. The fourth-order valence-electron chi connectivity index (χ4n) is 3.15. The number of carbonyl (C=O) groups is 1. The number of carbonyl (C=O) groups excluding carboxylic acids is 1. The average Bonchev–Trinajstić information content (AvgIpc) is 2.67. The smallest absolute Gasteiger partial charge is 0.235 e. The van der Waals surface area contributed by atoms with Gasteiger partial charge in [0.15, 0.2) is 0 Å². The Kier molecular flexibility index (Phi) is 6.01. The standard InChI is InChI=1S/C20H24N2O4S/c1-26-19-15-17(21-20(23)12-9-16-7-3-2-4-8-16)10-11-18(19)22-13-5-6-14-27(22,24)25/h2-4,7-8,10-11,15H,5-6,9,12-14H2,1H3,(H,21,23). The molecule has 1 aliphatic rings. The van der Waals surface area contributed by atoms with Crippen molar-refractivity contribution in [1.29, 1.82) is 0 Å². The highest BCUT2D eigenvalue weighted by Crippen LogP contribution is 2.34. The third kappa shape index (κ3) is 4.80. The number of hydrogen-bond acceptors (Lipinski definition) is 4. The highest BCUT2D eigenvalue weighted by Gasteiger charge is 2.28. The van der Waals surface area contributed by atoms with E-state index in [1.54, 1.807) is 18.2 Å². The van der Waals surface area contributed by atoms with Crippen LogP contribution in [0.4, 0.5) is 11.4 Å². The van der Waals surface area contributed by atoms with Gasteiger partial charge in [0.1, 0.15) is 5.75 Å². The Morgan fingerprint density at radius 1 is 1.15 bits per heavy atom. The van der Waals surface area contributed by atoms with Crippen LogP contribution in [0.2, 0.25) is 0 Å². The summed E-state index contributed by atoms with van der Waals surface area (Å²) < 4.78 is 31.5. The fourth-order valence-corrected chi connectivity index (χ4v) is 4.79. The molecular formula is C20H24N2O4S. The number of ether oxygens (including phenoxy) is 1. The molecule has 0 saturated carbocycles. The van der Waals surface area contributed by atoms with Gasteiger partial charge < -0.3 is 10.1 Å². The van der Waals surface area contributed by atoms with E-state index < -0.39 is 10.0 Å². The van der Waals surface area contributed by atoms with Crippen molar-refractivity contribution < 1.29 is 17.9 Å². The number of sulfonamides is 1. The summed E-state index contributed by atoms with van der Waals surface area (Å²) in [5.74, 6) is 0.481. The van der Waals surface area contributed by atoms with E-state index in [1.165, 1.54) is 11.4 Å². The summed E-state index contributed by atoms with van der Waals surface area (Å²) in [6.45, 7) is 0.446. The fraction of sp³-hybridized carbons (Fsp3) is 0.350. The number of rotatable bonds is 6. The molecule has 0 atom stereocenters. The third-order valence-electron chi connectivity index (χ3n) is 4.57. The van der Waals surface area contributed by atoms with Crippen LogP contribution in [0.5, 0.6) is 5.75 Å². The van der Waals surface area contributed by atoms with Gasteiger partial charge in [-0.25, -0.2) is 8.42 Å². The maximum absolute atomic E-state index is 12.3. The zero-order valence-electron chi connectivity index (χ0n) is 15.3. The van der Waals surface area contributed by atoms with Crippen LogP contribution < -0.4 is 14.4 Å². The quantitative estimate of drug-likeness (QED) is 0.825. The number of aryl methyl sites for hydroxylation is 1. The summed E-state index contributed by atoms with van der Waals surface area (Å²) >= 11 is 0. The number of methoxy groups -OCH3 is 1. The van der Waals surface area contributed by atoms with Crippen LogP contribution in [-0.4, -0.2) is 33.7 Å². The Morgan fingerprint density at radius 3 is 2.63 bits per heavy atom. The third-order valence-corrected chi connectivity index (χ3v) is 6.42. The molecule has 1 heterocycles. The highest BCUT2D eigenvalue weighted by atomic mass is 32.2. The average molecular weight is 388 g/mol. The Labute approximate surface area is 160 Å². The van der Waals surface area contributed by atoms with Gasteiger partial charge in [-0.05, 0) is 37.0 Å². The van der Waals surface area contributed by atoms with E-state index >= 15 is 0 Å². The molecule has 1 aliphatic heterocycles. The minimum atomic E-state index is -3.32. The Hall–Kier alpha value is -2.54. The SMILES string of the molecule is COc1cc(NC(=O)CCc2ccccc2)ccc1N1CCCCS1(=O)=O. The second-order valence-electron chi connectivity index (χ2n) is 6.52. The van der Waals surface area contributed by atoms with Crippen LogP contribution >= 0.6 is 0 Å². The topological polar surface area (TPSA) is 75.7 Å². The predicted octanol–water partition coefficient (Wildman–Crippen LogP) is 3.20. The van der Waals surface area contributed by atoms with Crippen molar-refractivity contribution >= 4 is 27.3 Å². The summed E-state index contributed by atoms with van der Waals surface area (Å²) in [5.41, 5.74) is 2.21. The molecule has 0 unspecified atom stereocenters. The van der Waals surface area contributed by atoms with Gasteiger partial charge >= 0.3 is 0 Å². The van der Waals surface area contributed by atoms with E-state index in [2.05, 4.69) is 5.32 Å². The lowest BCUT2D eigenvalue weighted by Gasteiger charge is -2.29. The van der Waals surface area contributed by atoms with Crippen LogP contribution in [0.25, 0.3) is 0 Å². The predicted molar refractivity (Wildman–Crippen MR) is 107 cm³/mol. The number of anilines is 2. The van der Waals surface area contributed by atoms with Gasteiger partial charge in [-0.2, -0.15) is 0 Å². The first-order valence-electron chi connectivity index (χ1n) is 9.02. The molecule has 0 bridgehead atoms. The molecule has 2 aromatic rings. The van der Waals surface area contributed by atoms with Crippen molar-refractivity contribution in [2.75, 3.05) is 29.0 Å². The zero-order chi connectivity index (χ0) is 19.3. The summed E-state index contributed by atoms with van der Waals surface area (Å²) in [4.78, 5) is 12.2. The summed E-state index contributed by atoms with van der Waals surface area (Å²) in [7, 11) is -1.82. The van der Waals surface area contributed by atoms with Gasteiger partial charge in [0, 0.05) is 24.7 Å². The van der Waals surface area contributed by atoms with Gasteiger partial charge in [0.25, 0.3) is 0 Å². The second kappa shape index (κ2) is 8.43. The van der Waals surface area contributed by atoms with Gasteiger partial charge in [-0.15, -0.1) is 0 Å².